The van der Waals surface area contributed by atoms with E-state index in [-0.39, 0.29) is 11.9 Å². The molecule has 0 aromatic carbocycles. The fraction of sp³-hybridized carbons (Fsp3) is 0.250. The van der Waals surface area contributed by atoms with Crippen molar-refractivity contribution in [3.8, 4) is 0 Å². The Kier molecular flexibility index (Phi) is 3.94. The molecule has 2 aromatic heterocycles. The summed E-state index contributed by atoms with van der Waals surface area (Å²) in [6, 6.07) is 5.41. The van der Waals surface area contributed by atoms with Crippen molar-refractivity contribution >= 4 is 45.9 Å². The van der Waals surface area contributed by atoms with Gasteiger partial charge in [0, 0.05) is 15.4 Å². The molecule has 0 fully saturated rings. The van der Waals surface area contributed by atoms with Crippen LogP contribution in [0.3, 0.4) is 0 Å². The molecule has 2 rings (SSSR count). The summed E-state index contributed by atoms with van der Waals surface area (Å²) in [5.41, 5.74) is 6.40. The number of carbonyl (C=O) groups is 1. The predicted molar refractivity (Wildman–Crippen MR) is 78.7 cm³/mol. The first-order chi connectivity index (χ1) is 8.47. The van der Waals surface area contributed by atoms with Gasteiger partial charge in [-0.2, -0.15) is 0 Å². The Morgan fingerprint density at radius 2 is 2.17 bits per heavy atom. The number of halogens is 1. The smallest absolute Gasteiger partial charge is 0.261 e. The van der Waals surface area contributed by atoms with E-state index in [1.54, 1.807) is 6.07 Å². The van der Waals surface area contributed by atoms with Crippen LogP contribution in [0.25, 0.3) is 0 Å². The van der Waals surface area contributed by atoms with Gasteiger partial charge < -0.3 is 11.1 Å². The van der Waals surface area contributed by atoms with E-state index in [1.165, 1.54) is 22.7 Å². The van der Waals surface area contributed by atoms with Crippen molar-refractivity contribution in [1.82, 2.24) is 5.32 Å². The first kappa shape index (κ1) is 13.4. The number of aryl methyl sites for hydroxylation is 1. The molecule has 0 saturated heterocycles. The number of thiophene rings is 2. The van der Waals surface area contributed by atoms with Gasteiger partial charge in [0.1, 0.15) is 0 Å². The SMILES string of the molecule is Cc1sc(C(=O)NC(C)c2ccc(Cl)s2)cc1N. The van der Waals surface area contributed by atoms with Gasteiger partial charge >= 0.3 is 0 Å². The summed E-state index contributed by atoms with van der Waals surface area (Å²) in [4.78, 5) is 14.7. The Morgan fingerprint density at radius 1 is 1.44 bits per heavy atom. The number of nitrogens with one attached hydrogen (secondary N) is 1. The zero-order valence-corrected chi connectivity index (χ0v) is 12.4. The minimum atomic E-state index is -0.100. The van der Waals surface area contributed by atoms with E-state index >= 15 is 0 Å². The van der Waals surface area contributed by atoms with E-state index in [0.717, 1.165) is 14.1 Å². The Balaban J connectivity index is 2.07. The molecular formula is C12H13ClN2OS2. The summed E-state index contributed by atoms with van der Waals surface area (Å²) in [6.45, 7) is 3.84. The molecule has 3 nitrogen and oxygen atoms in total. The fourth-order valence-electron chi connectivity index (χ4n) is 1.51. The van der Waals surface area contributed by atoms with E-state index in [0.29, 0.717) is 10.6 Å². The van der Waals surface area contributed by atoms with Crippen LogP contribution in [0.1, 0.15) is 32.4 Å². The summed E-state index contributed by atoms with van der Waals surface area (Å²) >= 11 is 8.75. The van der Waals surface area contributed by atoms with Gasteiger partial charge in [0.2, 0.25) is 0 Å². The maximum atomic E-state index is 12.0. The van der Waals surface area contributed by atoms with Gasteiger partial charge in [0.25, 0.3) is 5.91 Å². The number of nitrogens with two attached hydrogens (primary N) is 1. The van der Waals surface area contributed by atoms with Gasteiger partial charge in [-0.05, 0) is 32.0 Å². The summed E-state index contributed by atoms with van der Waals surface area (Å²) in [5.74, 6) is -0.100. The van der Waals surface area contributed by atoms with E-state index in [1.807, 2.05) is 26.0 Å². The van der Waals surface area contributed by atoms with Crippen LogP contribution in [0, 0.1) is 6.92 Å². The lowest BCUT2D eigenvalue weighted by atomic mass is 10.2. The molecule has 0 bridgehead atoms. The normalized spacial score (nSPS) is 12.4. The molecule has 6 heteroatoms. The summed E-state index contributed by atoms with van der Waals surface area (Å²) < 4.78 is 0.724. The number of hydrogen-bond acceptors (Lipinski definition) is 4. The molecule has 1 atom stereocenters. The van der Waals surface area contributed by atoms with Crippen LogP contribution in [-0.2, 0) is 0 Å². The van der Waals surface area contributed by atoms with Gasteiger partial charge in [-0.25, -0.2) is 0 Å². The maximum Gasteiger partial charge on any atom is 0.261 e. The molecule has 0 aliphatic carbocycles. The largest absolute Gasteiger partial charge is 0.398 e. The highest BCUT2D eigenvalue weighted by molar-refractivity contribution is 7.16. The van der Waals surface area contributed by atoms with Crippen LogP contribution in [0.15, 0.2) is 18.2 Å². The van der Waals surface area contributed by atoms with Crippen LogP contribution < -0.4 is 11.1 Å². The van der Waals surface area contributed by atoms with E-state index in [4.69, 9.17) is 17.3 Å². The Morgan fingerprint density at radius 3 is 2.67 bits per heavy atom. The van der Waals surface area contributed by atoms with Crippen molar-refractivity contribution in [2.45, 2.75) is 19.9 Å². The molecular weight excluding hydrogens is 288 g/mol. The van der Waals surface area contributed by atoms with Crippen molar-refractivity contribution in [2.75, 3.05) is 5.73 Å². The zero-order chi connectivity index (χ0) is 13.3. The van der Waals surface area contributed by atoms with Crippen molar-refractivity contribution in [2.24, 2.45) is 0 Å². The summed E-state index contributed by atoms with van der Waals surface area (Å²) in [6.07, 6.45) is 0. The number of hydrogen-bond donors (Lipinski definition) is 2. The quantitative estimate of drug-likeness (QED) is 0.904. The van der Waals surface area contributed by atoms with Crippen molar-refractivity contribution in [3.05, 3.63) is 37.2 Å². The van der Waals surface area contributed by atoms with Crippen molar-refractivity contribution in [1.29, 1.82) is 0 Å². The average molecular weight is 301 g/mol. The van der Waals surface area contributed by atoms with Gasteiger partial charge in [0.15, 0.2) is 0 Å². The minimum Gasteiger partial charge on any atom is -0.398 e. The van der Waals surface area contributed by atoms with Crippen LogP contribution in [-0.4, -0.2) is 5.91 Å². The van der Waals surface area contributed by atoms with Crippen LogP contribution in [0.5, 0.6) is 0 Å². The number of amides is 1. The van der Waals surface area contributed by atoms with Crippen molar-refractivity contribution in [3.63, 3.8) is 0 Å². The first-order valence-electron chi connectivity index (χ1n) is 5.39. The fourth-order valence-corrected chi connectivity index (χ4v) is 3.42. The third-order valence-electron chi connectivity index (χ3n) is 2.55. The zero-order valence-electron chi connectivity index (χ0n) is 9.99. The lowest BCUT2D eigenvalue weighted by Gasteiger charge is -2.10. The average Bonchev–Trinajstić information content (AvgIpc) is 2.86. The Hall–Kier alpha value is -1.04. The molecule has 0 radical (unpaired) electrons. The molecule has 0 aliphatic heterocycles. The number of nitrogen functional groups attached to an aromatic ring is 1. The predicted octanol–water partition coefficient (Wildman–Crippen LogP) is 3.84. The molecule has 2 heterocycles. The second-order valence-corrected chi connectivity index (χ2v) is 6.96. The Labute approximate surface area is 119 Å². The second-order valence-electron chi connectivity index (χ2n) is 3.96. The van der Waals surface area contributed by atoms with Crippen molar-refractivity contribution < 1.29 is 4.79 Å². The lowest BCUT2D eigenvalue weighted by Crippen LogP contribution is -2.25. The number of anilines is 1. The molecule has 0 aliphatic rings. The van der Waals surface area contributed by atoms with E-state index in [2.05, 4.69) is 5.32 Å². The van der Waals surface area contributed by atoms with Gasteiger partial charge in [-0.15, -0.1) is 22.7 Å². The lowest BCUT2D eigenvalue weighted by molar-refractivity contribution is 0.0944. The van der Waals surface area contributed by atoms with E-state index < -0.39 is 0 Å². The first-order valence-corrected chi connectivity index (χ1v) is 7.40. The Bertz CT molecular complexity index is 557. The van der Waals surface area contributed by atoms with Crippen LogP contribution in [0.2, 0.25) is 4.34 Å². The third kappa shape index (κ3) is 2.85. The summed E-state index contributed by atoms with van der Waals surface area (Å²) in [5, 5.41) is 2.93. The summed E-state index contributed by atoms with van der Waals surface area (Å²) in [7, 11) is 0. The highest BCUT2D eigenvalue weighted by Crippen LogP contribution is 2.28. The molecule has 1 amide bonds. The van der Waals surface area contributed by atoms with Crippen LogP contribution >= 0.6 is 34.3 Å². The highest BCUT2D eigenvalue weighted by Gasteiger charge is 2.15. The third-order valence-corrected chi connectivity index (χ3v) is 5.03. The standard InChI is InChI=1S/C12H13ClN2OS2/c1-6(9-3-4-11(13)18-9)15-12(16)10-5-8(14)7(2)17-10/h3-6H,14H2,1-2H3,(H,15,16). The molecule has 2 aromatic rings. The highest BCUT2D eigenvalue weighted by atomic mass is 35.5. The molecule has 18 heavy (non-hydrogen) atoms. The molecule has 96 valence electrons. The maximum absolute atomic E-state index is 12.0. The van der Waals surface area contributed by atoms with Gasteiger partial charge in [0.05, 0.1) is 15.3 Å². The molecule has 0 spiro atoms. The minimum absolute atomic E-state index is 0.0568. The molecule has 1 unspecified atom stereocenters. The molecule has 0 saturated carbocycles. The van der Waals surface area contributed by atoms with Gasteiger partial charge in [-0.1, -0.05) is 11.6 Å². The van der Waals surface area contributed by atoms with E-state index in [9.17, 15) is 4.79 Å². The number of carbonyl (C=O) groups excluding carboxylic acids is 1. The monoisotopic (exact) mass is 300 g/mol. The topological polar surface area (TPSA) is 55.1 Å². The molecule has 3 N–H and O–H groups in total. The van der Waals surface area contributed by atoms with Gasteiger partial charge in [-0.3, -0.25) is 4.79 Å². The second kappa shape index (κ2) is 5.30. The van der Waals surface area contributed by atoms with Crippen LogP contribution in [0.4, 0.5) is 5.69 Å². The number of rotatable bonds is 3.